The number of anilines is 1. The number of aromatic nitrogens is 2. The number of nitriles is 1. The van der Waals surface area contributed by atoms with Gasteiger partial charge in [0.1, 0.15) is 11.6 Å². The van der Waals surface area contributed by atoms with Gasteiger partial charge in [0.2, 0.25) is 0 Å². The summed E-state index contributed by atoms with van der Waals surface area (Å²) in [6.07, 6.45) is 0.336. The van der Waals surface area contributed by atoms with Gasteiger partial charge in [0.25, 0.3) is 5.91 Å². The molecule has 0 atom stereocenters. The Morgan fingerprint density at radius 3 is 3.00 bits per heavy atom. The van der Waals surface area contributed by atoms with E-state index in [-0.39, 0.29) is 5.91 Å². The normalized spacial score (nSPS) is 9.95. The number of ether oxygens (including phenoxy) is 1. The number of carbonyl (C=O) groups excluding carboxylic acids is 1. The highest BCUT2D eigenvalue weighted by molar-refractivity contribution is 6.04. The molecule has 0 aliphatic carbocycles. The molecular formula is C15H16N4O2. The summed E-state index contributed by atoms with van der Waals surface area (Å²) in [7, 11) is 1.55. The van der Waals surface area contributed by atoms with E-state index in [1.165, 1.54) is 0 Å². The van der Waals surface area contributed by atoms with Gasteiger partial charge in [0.15, 0.2) is 0 Å². The number of rotatable bonds is 5. The summed E-state index contributed by atoms with van der Waals surface area (Å²) in [5, 5.41) is 15.7. The molecule has 0 bridgehead atoms. The smallest absolute Gasteiger partial charge is 0.256 e. The van der Waals surface area contributed by atoms with Gasteiger partial charge in [-0.3, -0.25) is 4.79 Å². The van der Waals surface area contributed by atoms with Crippen molar-refractivity contribution >= 4 is 11.7 Å². The summed E-state index contributed by atoms with van der Waals surface area (Å²) in [6.45, 7) is 2.28. The zero-order chi connectivity index (χ0) is 15.2. The van der Waals surface area contributed by atoms with Crippen LogP contribution >= 0.6 is 0 Å². The number of hydrogen-bond acceptors (Lipinski definition) is 4. The quantitative estimate of drug-likeness (QED) is 0.914. The Morgan fingerprint density at radius 1 is 1.48 bits per heavy atom. The average Bonchev–Trinajstić information content (AvgIpc) is 2.84. The Balaban J connectivity index is 2.17. The van der Waals surface area contributed by atoms with Crippen molar-refractivity contribution < 1.29 is 9.53 Å². The molecule has 0 fully saturated rings. The number of amides is 1. The number of methoxy groups -OCH3 is 1. The van der Waals surface area contributed by atoms with Crippen LogP contribution in [0.3, 0.4) is 0 Å². The first kappa shape index (κ1) is 14.6. The summed E-state index contributed by atoms with van der Waals surface area (Å²) in [4.78, 5) is 12.2. The molecule has 1 N–H and O–H groups in total. The van der Waals surface area contributed by atoms with Gasteiger partial charge in [-0.15, -0.1) is 0 Å². The highest BCUT2D eigenvalue weighted by Gasteiger charge is 2.11. The van der Waals surface area contributed by atoms with E-state index in [9.17, 15) is 4.79 Å². The molecule has 1 amide bonds. The maximum atomic E-state index is 12.2. The molecule has 0 aliphatic heterocycles. The van der Waals surface area contributed by atoms with Crippen LogP contribution in [0.25, 0.3) is 0 Å². The molecular weight excluding hydrogens is 268 g/mol. The minimum atomic E-state index is -0.244. The van der Waals surface area contributed by atoms with Crippen LogP contribution in [0.1, 0.15) is 22.5 Å². The lowest BCUT2D eigenvalue weighted by molar-refractivity contribution is 0.102. The Hall–Kier alpha value is -2.81. The standard InChI is InChI=1S/C15H16N4O2/c1-11-9-14(19(18-11)8-4-7-16)17-15(20)12-5-3-6-13(10-12)21-2/h3,5-6,9-10H,4,8H2,1-2H3,(H,17,20). The molecule has 6 heteroatoms. The van der Waals surface area contributed by atoms with Gasteiger partial charge in [-0.2, -0.15) is 10.4 Å². The van der Waals surface area contributed by atoms with Crippen LogP contribution in [0.4, 0.5) is 5.82 Å². The lowest BCUT2D eigenvalue weighted by Crippen LogP contribution is -2.15. The second-order valence-corrected chi connectivity index (χ2v) is 4.49. The van der Waals surface area contributed by atoms with E-state index in [1.807, 2.05) is 6.92 Å². The van der Waals surface area contributed by atoms with Crippen molar-refractivity contribution in [3.8, 4) is 11.8 Å². The zero-order valence-electron chi connectivity index (χ0n) is 12.0. The van der Waals surface area contributed by atoms with E-state index in [2.05, 4.69) is 16.5 Å². The van der Waals surface area contributed by atoms with Gasteiger partial charge >= 0.3 is 0 Å². The van der Waals surface area contributed by atoms with E-state index in [4.69, 9.17) is 10.00 Å². The summed E-state index contributed by atoms with van der Waals surface area (Å²) >= 11 is 0. The van der Waals surface area contributed by atoms with E-state index < -0.39 is 0 Å². The van der Waals surface area contributed by atoms with Crippen LogP contribution in [-0.2, 0) is 6.54 Å². The molecule has 1 aromatic heterocycles. The number of nitrogens with one attached hydrogen (secondary N) is 1. The van der Waals surface area contributed by atoms with Crippen LogP contribution in [0, 0.1) is 18.3 Å². The minimum Gasteiger partial charge on any atom is -0.497 e. The van der Waals surface area contributed by atoms with Crippen LogP contribution in [0.15, 0.2) is 30.3 Å². The first-order valence-corrected chi connectivity index (χ1v) is 6.51. The number of benzene rings is 1. The molecule has 0 aliphatic rings. The lowest BCUT2D eigenvalue weighted by Gasteiger charge is -2.08. The Kier molecular flexibility index (Phi) is 4.57. The SMILES string of the molecule is COc1cccc(C(=O)Nc2cc(C)nn2CCC#N)c1. The Morgan fingerprint density at radius 2 is 2.29 bits per heavy atom. The van der Waals surface area contributed by atoms with E-state index in [0.29, 0.717) is 30.1 Å². The van der Waals surface area contributed by atoms with Crippen molar-refractivity contribution in [3.05, 3.63) is 41.6 Å². The highest BCUT2D eigenvalue weighted by Crippen LogP contribution is 2.16. The number of nitrogens with zero attached hydrogens (tertiary/aromatic N) is 3. The summed E-state index contributed by atoms with van der Waals surface area (Å²) < 4.78 is 6.72. The van der Waals surface area contributed by atoms with Crippen molar-refractivity contribution in [3.63, 3.8) is 0 Å². The number of hydrogen-bond donors (Lipinski definition) is 1. The highest BCUT2D eigenvalue weighted by atomic mass is 16.5. The topological polar surface area (TPSA) is 79.9 Å². The van der Waals surface area contributed by atoms with Crippen molar-refractivity contribution in [2.75, 3.05) is 12.4 Å². The third-order valence-corrected chi connectivity index (χ3v) is 2.91. The number of aryl methyl sites for hydroxylation is 2. The van der Waals surface area contributed by atoms with Gasteiger partial charge in [-0.1, -0.05) is 6.07 Å². The van der Waals surface area contributed by atoms with Crippen molar-refractivity contribution in [1.29, 1.82) is 5.26 Å². The fourth-order valence-electron chi connectivity index (χ4n) is 1.93. The van der Waals surface area contributed by atoms with E-state index in [0.717, 1.165) is 5.69 Å². The van der Waals surface area contributed by atoms with E-state index >= 15 is 0 Å². The van der Waals surface area contributed by atoms with Gasteiger partial charge in [-0.05, 0) is 25.1 Å². The first-order chi connectivity index (χ1) is 10.1. The monoisotopic (exact) mass is 284 g/mol. The third-order valence-electron chi connectivity index (χ3n) is 2.91. The molecule has 6 nitrogen and oxygen atoms in total. The molecule has 2 aromatic rings. The zero-order valence-corrected chi connectivity index (χ0v) is 12.0. The third kappa shape index (κ3) is 3.60. The molecule has 108 valence electrons. The molecule has 0 saturated heterocycles. The maximum absolute atomic E-state index is 12.2. The van der Waals surface area contributed by atoms with Crippen LogP contribution in [0.5, 0.6) is 5.75 Å². The molecule has 0 saturated carbocycles. The average molecular weight is 284 g/mol. The van der Waals surface area contributed by atoms with Crippen molar-refractivity contribution in [2.24, 2.45) is 0 Å². The molecule has 1 heterocycles. The predicted molar refractivity (Wildman–Crippen MR) is 78.1 cm³/mol. The predicted octanol–water partition coefficient (Wildman–Crippen LogP) is 2.37. The van der Waals surface area contributed by atoms with Crippen LogP contribution < -0.4 is 10.1 Å². The fraction of sp³-hybridized carbons (Fsp3) is 0.267. The van der Waals surface area contributed by atoms with Gasteiger partial charge in [-0.25, -0.2) is 4.68 Å². The minimum absolute atomic E-state index is 0.244. The largest absolute Gasteiger partial charge is 0.497 e. The summed E-state index contributed by atoms with van der Waals surface area (Å²) in [5.74, 6) is 0.958. The van der Waals surface area contributed by atoms with Crippen LogP contribution in [-0.4, -0.2) is 22.8 Å². The van der Waals surface area contributed by atoms with Gasteiger partial charge < -0.3 is 10.1 Å². The lowest BCUT2D eigenvalue weighted by atomic mass is 10.2. The van der Waals surface area contributed by atoms with E-state index in [1.54, 1.807) is 42.1 Å². The Labute approximate surface area is 123 Å². The molecule has 21 heavy (non-hydrogen) atoms. The number of carbonyl (C=O) groups is 1. The second kappa shape index (κ2) is 6.57. The summed E-state index contributed by atoms with van der Waals surface area (Å²) in [5.41, 5.74) is 1.29. The van der Waals surface area contributed by atoms with Gasteiger partial charge in [0, 0.05) is 11.6 Å². The van der Waals surface area contributed by atoms with Gasteiger partial charge in [0.05, 0.1) is 31.8 Å². The Bertz CT molecular complexity index is 685. The first-order valence-electron chi connectivity index (χ1n) is 6.51. The van der Waals surface area contributed by atoms with Crippen molar-refractivity contribution in [1.82, 2.24) is 9.78 Å². The second-order valence-electron chi connectivity index (χ2n) is 4.49. The molecule has 2 rings (SSSR count). The molecule has 1 aromatic carbocycles. The molecule has 0 radical (unpaired) electrons. The maximum Gasteiger partial charge on any atom is 0.256 e. The summed E-state index contributed by atoms with van der Waals surface area (Å²) in [6, 6.07) is 10.7. The molecule has 0 spiro atoms. The fourth-order valence-corrected chi connectivity index (χ4v) is 1.93. The van der Waals surface area contributed by atoms with Crippen molar-refractivity contribution in [2.45, 2.75) is 19.9 Å². The van der Waals surface area contributed by atoms with Crippen LogP contribution in [0.2, 0.25) is 0 Å². The molecule has 0 unspecified atom stereocenters.